The van der Waals surface area contributed by atoms with Crippen molar-refractivity contribution in [1.82, 2.24) is 5.43 Å². The van der Waals surface area contributed by atoms with Crippen LogP contribution in [0.1, 0.15) is 17.2 Å². The molecule has 0 amide bonds. The molecule has 2 aromatic carbocycles. The number of ether oxygens (including phenoxy) is 1. The molecular weight excluding hydrogens is 304 g/mol. The molecule has 2 aromatic rings. The molecule has 0 spiro atoms. The average molecular weight is 321 g/mol. The van der Waals surface area contributed by atoms with Crippen LogP contribution < -0.4 is 16.0 Å². The van der Waals surface area contributed by atoms with Crippen molar-refractivity contribution in [2.24, 2.45) is 5.84 Å². The van der Waals surface area contributed by atoms with E-state index in [0.717, 1.165) is 27.8 Å². The number of methoxy groups -OCH3 is 1. The third kappa shape index (κ3) is 3.56. The van der Waals surface area contributed by atoms with E-state index in [1.807, 2.05) is 30.3 Å². The number of hydrogen-bond acceptors (Lipinski definition) is 3. The van der Waals surface area contributed by atoms with Crippen molar-refractivity contribution in [2.45, 2.75) is 12.5 Å². The summed E-state index contributed by atoms with van der Waals surface area (Å²) < 4.78 is 6.43. The zero-order valence-corrected chi connectivity index (χ0v) is 12.4. The van der Waals surface area contributed by atoms with Crippen LogP contribution in [0.5, 0.6) is 5.75 Å². The minimum absolute atomic E-state index is 0.0596. The molecule has 3 N–H and O–H groups in total. The maximum Gasteiger partial charge on any atom is 0.122 e. The second-order valence-electron chi connectivity index (χ2n) is 4.29. The van der Waals surface area contributed by atoms with Crippen LogP contribution in [0, 0.1) is 0 Å². The van der Waals surface area contributed by atoms with Crippen molar-refractivity contribution in [2.75, 3.05) is 7.11 Å². The lowest BCUT2D eigenvalue weighted by Crippen LogP contribution is -2.29. The molecule has 1 unspecified atom stereocenters. The highest BCUT2D eigenvalue weighted by Gasteiger charge is 2.13. The van der Waals surface area contributed by atoms with E-state index in [1.165, 1.54) is 0 Å². The van der Waals surface area contributed by atoms with E-state index in [-0.39, 0.29) is 6.04 Å². The van der Waals surface area contributed by atoms with E-state index in [0.29, 0.717) is 0 Å². The SMILES string of the molecule is COc1ccc(Br)cc1CC(NN)c1ccccc1. The lowest BCUT2D eigenvalue weighted by Gasteiger charge is -2.18. The molecule has 0 fully saturated rings. The summed E-state index contributed by atoms with van der Waals surface area (Å²) in [5, 5.41) is 0. The minimum Gasteiger partial charge on any atom is -0.496 e. The second kappa shape index (κ2) is 6.70. The van der Waals surface area contributed by atoms with Crippen molar-refractivity contribution in [3.63, 3.8) is 0 Å². The molecule has 4 heteroatoms. The number of nitrogens with two attached hydrogens (primary N) is 1. The first-order chi connectivity index (χ1) is 9.24. The Morgan fingerprint density at radius 2 is 1.95 bits per heavy atom. The Morgan fingerprint density at radius 1 is 1.21 bits per heavy atom. The smallest absolute Gasteiger partial charge is 0.122 e. The van der Waals surface area contributed by atoms with Crippen LogP contribution in [0.3, 0.4) is 0 Å². The number of hydrogen-bond donors (Lipinski definition) is 2. The molecule has 3 nitrogen and oxygen atoms in total. The van der Waals surface area contributed by atoms with Crippen molar-refractivity contribution < 1.29 is 4.74 Å². The van der Waals surface area contributed by atoms with E-state index < -0.39 is 0 Å². The van der Waals surface area contributed by atoms with Gasteiger partial charge in [0.2, 0.25) is 0 Å². The van der Waals surface area contributed by atoms with Gasteiger partial charge < -0.3 is 4.74 Å². The summed E-state index contributed by atoms with van der Waals surface area (Å²) in [5.74, 6) is 6.55. The molecule has 0 aromatic heterocycles. The Labute approximate surface area is 121 Å². The topological polar surface area (TPSA) is 47.3 Å². The van der Waals surface area contributed by atoms with Crippen molar-refractivity contribution in [3.8, 4) is 5.75 Å². The molecule has 0 aliphatic carbocycles. The Hall–Kier alpha value is -1.36. The van der Waals surface area contributed by atoms with Gasteiger partial charge in [-0.15, -0.1) is 0 Å². The highest BCUT2D eigenvalue weighted by molar-refractivity contribution is 9.10. The fourth-order valence-electron chi connectivity index (χ4n) is 2.08. The number of halogens is 1. The van der Waals surface area contributed by atoms with Crippen LogP contribution in [-0.4, -0.2) is 7.11 Å². The molecule has 0 radical (unpaired) electrons. The Bertz CT molecular complexity index is 531. The fraction of sp³-hybridized carbons (Fsp3) is 0.200. The number of rotatable bonds is 5. The highest BCUT2D eigenvalue weighted by atomic mass is 79.9. The first-order valence-corrected chi connectivity index (χ1v) is 6.87. The molecule has 0 aliphatic rings. The maximum atomic E-state index is 5.68. The van der Waals surface area contributed by atoms with Gasteiger partial charge in [0, 0.05) is 4.47 Å². The van der Waals surface area contributed by atoms with E-state index in [9.17, 15) is 0 Å². The monoisotopic (exact) mass is 320 g/mol. The third-order valence-electron chi connectivity index (χ3n) is 3.07. The van der Waals surface area contributed by atoms with Crippen LogP contribution >= 0.6 is 15.9 Å². The number of nitrogens with one attached hydrogen (secondary N) is 1. The van der Waals surface area contributed by atoms with Gasteiger partial charge in [-0.25, -0.2) is 0 Å². The predicted molar refractivity (Wildman–Crippen MR) is 80.9 cm³/mol. The van der Waals surface area contributed by atoms with Gasteiger partial charge in [-0.3, -0.25) is 11.3 Å². The summed E-state index contributed by atoms with van der Waals surface area (Å²) in [6.45, 7) is 0. The Kier molecular flexibility index (Phi) is 4.96. The Morgan fingerprint density at radius 3 is 2.58 bits per heavy atom. The summed E-state index contributed by atoms with van der Waals surface area (Å²) in [7, 11) is 1.68. The zero-order valence-electron chi connectivity index (χ0n) is 10.8. The molecule has 0 bridgehead atoms. The maximum absolute atomic E-state index is 5.68. The minimum atomic E-state index is 0.0596. The van der Waals surface area contributed by atoms with Gasteiger partial charge in [0.15, 0.2) is 0 Å². The van der Waals surface area contributed by atoms with Gasteiger partial charge in [0.25, 0.3) is 0 Å². The molecule has 2 rings (SSSR count). The van der Waals surface area contributed by atoms with Crippen LogP contribution in [-0.2, 0) is 6.42 Å². The van der Waals surface area contributed by atoms with Gasteiger partial charge in [0.05, 0.1) is 13.2 Å². The molecule has 19 heavy (non-hydrogen) atoms. The van der Waals surface area contributed by atoms with Crippen LogP contribution in [0.15, 0.2) is 53.0 Å². The van der Waals surface area contributed by atoms with Crippen molar-refractivity contribution in [3.05, 3.63) is 64.1 Å². The quantitative estimate of drug-likeness (QED) is 0.657. The van der Waals surface area contributed by atoms with Gasteiger partial charge in [-0.2, -0.15) is 0 Å². The third-order valence-corrected chi connectivity index (χ3v) is 3.56. The van der Waals surface area contributed by atoms with E-state index in [2.05, 4.69) is 39.6 Å². The Balaban J connectivity index is 2.26. The number of hydrazine groups is 1. The van der Waals surface area contributed by atoms with Gasteiger partial charge in [0.1, 0.15) is 5.75 Å². The first-order valence-electron chi connectivity index (χ1n) is 6.08. The van der Waals surface area contributed by atoms with E-state index in [4.69, 9.17) is 10.6 Å². The lowest BCUT2D eigenvalue weighted by atomic mass is 9.99. The summed E-state index contributed by atoms with van der Waals surface area (Å²) in [6, 6.07) is 16.2. The molecule has 0 aliphatic heterocycles. The number of benzene rings is 2. The summed E-state index contributed by atoms with van der Waals surface area (Å²) >= 11 is 3.49. The summed E-state index contributed by atoms with van der Waals surface area (Å²) in [5.41, 5.74) is 5.14. The van der Waals surface area contributed by atoms with Crippen LogP contribution in [0.2, 0.25) is 0 Å². The normalized spacial score (nSPS) is 12.2. The fourth-order valence-corrected chi connectivity index (χ4v) is 2.49. The molecule has 0 heterocycles. The average Bonchev–Trinajstić information content (AvgIpc) is 2.46. The zero-order chi connectivity index (χ0) is 13.7. The lowest BCUT2D eigenvalue weighted by molar-refractivity contribution is 0.405. The molecular formula is C15H17BrN2O. The summed E-state index contributed by atoms with van der Waals surface area (Å²) in [6.07, 6.45) is 0.767. The summed E-state index contributed by atoms with van der Waals surface area (Å²) in [4.78, 5) is 0. The van der Waals surface area contributed by atoms with E-state index >= 15 is 0 Å². The molecule has 0 saturated heterocycles. The second-order valence-corrected chi connectivity index (χ2v) is 5.21. The highest BCUT2D eigenvalue weighted by Crippen LogP contribution is 2.27. The van der Waals surface area contributed by atoms with Gasteiger partial charge >= 0.3 is 0 Å². The van der Waals surface area contributed by atoms with Gasteiger partial charge in [-0.1, -0.05) is 46.3 Å². The van der Waals surface area contributed by atoms with Gasteiger partial charge in [-0.05, 0) is 35.7 Å². The van der Waals surface area contributed by atoms with Crippen molar-refractivity contribution >= 4 is 15.9 Å². The molecule has 100 valence electrons. The largest absolute Gasteiger partial charge is 0.496 e. The standard InChI is InChI=1S/C15H17BrN2O/c1-19-15-8-7-13(16)9-12(15)10-14(18-17)11-5-3-2-4-6-11/h2-9,14,18H,10,17H2,1H3. The van der Waals surface area contributed by atoms with E-state index in [1.54, 1.807) is 7.11 Å². The van der Waals surface area contributed by atoms with Crippen LogP contribution in [0.25, 0.3) is 0 Å². The van der Waals surface area contributed by atoms with Crippen LogP contribution in [0.4, 0.5) is 0 Å². The first kappa shape index (κ1) is 14.1. The molecule has 1 atom stereocenters. The predicted octanol–water partition coefficient (Wildman–Crippen LogP) is 3.20. The van der Waals surface area contributed by atoms with Crippen molar-refractivity contribution in [1.29, 1.82) is 0 Å². The molecule has 0 saturated carbocycles.